The third kappa shape index (κ3) is 6.22. The molecule has 2 fully saturated rings. The summed E-state index contributed by atoms with van der Waals surface area (Å²) in [5.74, 6) is 0.196. The Morgan fingerprint density at radius 1 is 1.08 bits per heavy atom. The molecule has 1 saturated heterocycles. The number of carbonyl (C=O) groups is 4. The maximum atomic E-state index is 13.0. The molecule has 5 rings (SSSR count). The first-order valence-corrected chi connectivity index (χ1v) is 12.2. The number of carbonyl (C=O) groups excluding carboxylic acids is 3. The Balaban J connectivity index is 0.00000102. The van der Waals surface area contributed by atoms with Crippen molar-refractivity contribution in [3.8, 4) is 5.75 Å². The van der Waals surface area contributed by atoms with Gasteiger partial charge in [-0.1, -0.05) is 30.3 Å². The fourth-order valence-corrected chi connectivity index (χ4v) is 4.97. The quantitative estimate of drug-likeness (QED) is 0.271. The van der Waals surface area contributed by atoms with Crippen molar-refractivity contribution in [1.29, 1.82) is 0 Å². The predicted molar refractivity (Wildman–Crippen MR) is 131 cm³/mol. The van der Waals surface area contributed by atoms with Crippen LogP contribution in [0.1, 0.15) is 46.3 Å². The molecule has 0 aromatic heterocycles. The van der Waals surface area contributed by atoms with Gasteiger partial charge in [0.25, 0.3) is 12.4 Å². The number of rotatable bonds is 6. The van der Waals surface area contributed by atoms with Gasteiger partial charge < -0.3 is 29.3 Å². The van der Waals surface area contributed by atoms with E-state index in [-0.39, 0.29) is 35.0 Å². The molecule has 0 bridgehead atoms. The molecule has 10 nitrogen and oxygen atoms in total. The number of hydrogen-bond acceptors (Lipinski definition) is 7. The topological polar surface area (TPSA) is 133 Å². The minimum atomic E-state index is -0.545. The van der Waals surface area contributed by atoms with Crippen molar-refractivity contribution in [3.05, 3.63) is 69.9 Å². The lowest BCUT2D eigenvalue weighted by atomic mass is 9.92. The molecule has 2 aromatic carbocycles. The zero-order valence-electron chi connectivity index (χ0n) is 20.5. The van der Waals surface area contributed by atoms with E-state index in [1.54, 1.807) is 17.0 Å². The summed E-state index contributed by atoms with van der Waals surface area (Å²) in [5.41, 5.74) is 3.27. The number of carboxylic acid groups (broad SMARTS) is 1. The molecule has 1 N–H and O–H groups in total. The van der Waals surface area contributed by atoms with Crippen LogP contribution in [-0.4, -0.2) is 70.9 Å². The lowest BCUT2D eigenvalue weighted by Crippen LogP contribution is -2.49. The van der Waals surface area contributed by atoms with Crippen LogP contribution in [0.4, 0.5) is 0 Å². The standard InChI is InChI=1S/C26H28N2O6.CH2O2/c29-20-8-9-23(24(30)14-20)27-15-22-21(26(27)31)2-1-3-25(22)34-17-19-6-4-18(5-7-19)16-28(32)10-12-33-13-11-28;2-1-3/h1-7,23H,8-17H2;1H,(H,2,3). The first-order valence-electron chi connectivity index (χ1n) is 12.2. The summed E-state index contributed by atoms with van der Waals surface area (Å²) in [6, 6.07) is 12.7. The first kappa shape index (κ1) is 26.5. The maximum absolute atomic E-state index is 13.0. The van der Waals surface area contributed by atoms with Gasteiger partial charge >= 0.3 is 0 Å². The number of fused-ring (bicyclic) bond motifs is 1. The van der Waals surface area contributed by atoms with Gasteiger partial charge in [-0.3, -0.25) is 19.2 Å². The molecule has 2 heterocycles. The second kappa shape index (κ2) is 11.6. The van der Waals surface area contributed by atoms with E-state index in [9.17, 15) is 19.6 Å². The monoisotopic (exact) mass is 510 g/mol. The lowest BCUT2D eigenvalue weighted by molar-refractivity contribution is -0.901. The highest BCUT2D eigenvalue weighted by molar-refractivity contribution is 6.07. The minimum Gasteiger partial charge on any atom is -0.632 e. The number of morpholine rings is 1. The summed E-state index contributed by atoms with van der Waals surface area (Å²) < 4.78 is 11.1. The summed E-state index contributed by atoms with van der Waals surface area (Å²) in [4.78, 5) is 46.9. The molecule has 10 heteroatoms. The van der Waals surface area contributed by atoms with Crippen molar-refractivity contribution in [1.82, 2.24) is 4.90 Å². The maximum Gasteiger partial charge on any atom is 0.290 e. The molecule has 1 atom stereocenters. The van der Waals surface area contributed by atoms with Crippen LogP contribution in [-0.2, 0) is 38.8 Å². The first-order chi connectivity index (χ1) is 17.8. The van der Waals surface area contributed by atoms with E-state index in [0.717, 1.165) is 16.7 Å². The van der Waals surface area contributed by atoms with Crippen molar-refractivity contribution in [2.45, 2.75) is 45.0 Å². The van der Waals surface area contributed by atoms with E-state index >= 15 is 0 Å². The predicted octanol–water partition coefficient (Wildman–Crippen LogP) is 2.46. The van der Waals surface area contributed by atoms with Gasteiger partial charge in [0.2, 0.25) is 0 Å². The van der Waals surface area contributed by atoms with Crippen molar-refractivity contribution < 1.29 is 38.4 Å². The van der Waals surface area contributed by atoms with Gasteiger partial charge in [-0.05, 0) is 24.1 Å². The number of Topliss-reactive ketones (excluding diaryl/α,β-unsaturated/α-hetero) is 2. The molecular formula is C27H30N2O8. The smallest absolute Gasteiger partial charge is 0.290 e. The van der Waals surface area contributed by atoms with E-state index in [4.69, 9.17) is 19.4 Å². The van der Waals surface area contributed by atoms with Gasteiger partial charge in [0.15, 0.2) is 5.78 Å². The van der Waals surface area contributed by atoms with Gasteiger partial charge in [0.05, 0.1) is 32.2 Å². The molecule has 2 aliphatic heterocycles. The zero-order valence-corrected chi connectivity index (χ0v) is 20.5. The molecule has 2 aromatic rings. The fourth-order valence-electron chi connectivity index (χ4n) is 4.97. The number of amides is 1. The molecule has 1 amide bonds. The second-order valence-corrected chi connectivity index (χ2v) is 9.44. The third-order valence-electron chi connectivity index (χ3n) is 6.94. The van der Waals surface area contributed by atoms with Crippen LogP contribution in [0.15, 0.2) is 42.5 Å². The molecule has 196 valence electrons. The van der Waals surface area contributed by atoms with E-state index in [2.05, 4.69) is 0 Å². The van der Waals surface area contributed by atoms with E-state index < -0.39 is 6.04 Å². The van der Waals surface area contributed by atoms with Gasteiger partial charge in [-0.25, -0.2) is 0 Å². The third-order valence-corrected chi connectivity index (χ3v) is 6.94. The average molecular weight is 511 g/mol. The van der Waals surface area contributed by atoms with Gasteiger partial charge in [-0.2, -0.15) is 0 Å². The molecule has 37 heavy (non-hydrogen) atoms. The van der Waals surface area contributed by atoms with E-state index in [1.807, 2.05) is 30.3 Å². The molecule has 0 radical (unpaired) electrons. The van der Waals surface area contributed by atoms with Gasteiger partial charge in [-0.15, -0.1) is 0 Å². The highest BCUT2D eigenvalue weighted by atomic mass is 16.6. The minimum absolute atomic E-state index is 0.0578. The largest absolute Gasteiger partial charge is 0.632 e. The van der Waals surface area contributed by atoms with Crippen molar-refractivity contribution in [3.63, 3.8) is 0 Å². The summed E-state index contributed by atoms with van der Waals surface area (Å²) >= 11 is 0. The number of nitrogens with zero attached hydrogens (tertiary/aromatic N) is 2. The SMILES string of the molecule is O=C1CCC(N2Cc3c(OCc4ccc(C[N+]5([O-])CCOCC5)cc4)cccc3C2=O)C(=O)C1.O=CO. The van der Waals surface area contributed by atoms with Crippen molar-refractivity contribution >= 4 is 23.9 Å². The summed E-state index contributed by atoms with van der Waals surface area (Å²) in [5, 5.41) is 19.7. The zero-order chi connectivity index (χ0) is 26.4. The number of ether oxygens (including phenoxy) is 2. The second-order valence-electron chi connectivity index (χ2n) is 9.44. The number of hydroxylamine groups is 3. The van der Waals surface area contributed by atoms with Crippen molar-refractivity contribution in [2.75, 3.05) is 26.3 Å². The summed E-state index contributed by atoms with van der Waals surface area (Å²) in [6.45, 7) is 2.77. The van der Waals surface area contributed by atoms with Crippen LogP contribution in [0.5, 0.6) is 5.75 Å². The van der Waals surface area contributed by atoms with E-state index in [0.29, 0.717) is 70.2 Å². The van der Waals surface area contributed by atoms with Crippen LogP contribution >= 0.6 is 0 Å². The average Bonchev–Trinajstić information content (AvgIpc) is 3.21. The van der Waals surface area contributed by atoms with Crippen LogP contribution in [0, 0.1) is 5.21 Å². The highest BCUT2D eigenvalue weighted by Crippen LogP contribution is 2.34. The molecule has 0 spiro atoms. The Kier molecular flexibility index (Phi) is 8.32. The van der Waals surface area contributed by atoms with Gasteiger partial charge in [0.1, 0.15) is 37.8 Å². The number of hydrogen-bond donors (Lipinski definition) is 1. The molecule has 3 aliphatic rings. The molecule has 1 saturated carbocycles. The normalized spacial score (nSPS) is 20.6. The lowest BCUT2D eigenvalue weighted by Gasteiger charge is -2.45. The molecule has 1 unspecified atom stereocenters. The van der Waals surface area contributed by atoms with Crippen molar-refractivity contribution in [2.24, 2.45) is 0 Å². The van der Waals surface area contributed by atoms with Crippen LogP contribution in [0.3, 0.4) is 0 Å². The Morgan fingerprint density at radius 3 is 2.43 bits per heavy atom. The number of benzene rings is 2. The summed E-state index contributed by atoms with van der Waals surface area (Å²) in [7, 11) is 0. The van der Waals surface area contributed by atoms with Crippen LogP contribution < -0.4 is 4.74 Å². The molecule has 1 aliphatic carbocycles. The highest BCUT2D eigenvalue weighted by Gasteiger charge is 2.40. The number of quaternary nitrogens is 1. The van der Waals surface area contributed by atoms with E-state index in [1.165, 1.54) is 0 Å². The summed E-state index contributed by atoms with van der Waals surface area (Å²) in [6.07, 6.45) is 0.622. The van der Waals surface area contributed by atoms with Gasteiger partial charge in [0, 0.05) is 23.1 Å². The fraction of sp³-hybridized carbons (Fsp3) is 0.407. The Morgan fingerprint density at radius 2 is 1.76 bits per heavy atom. The Labute approximate surface area is 214 Å². The Hall–Kier alpha value is -3.60. The number of ketones is 2. The van der Waals surface area contributed by atoms with Crippen LogP contribution in [0.25, 0.3) is 0 Å². The molecular weight excluding hydrogens is 480 g/mol. The Bertz CT molecular complexity index is 1160. The van der Waals surface area contributed by atoms with Crippen LogP contribution in [0.2, 0.25) is 0 Å².